The highest BCUT2D eigenvalue weighted by molar-refractivity contribution is 8.00. The maximum atomic E-state index is 12.7. The molecule has 7 heteroatoms. The summed E-state index contributed by atoms with van der Waals surface area (Å²) in [5.74, 6) is 0.964. The van der Waals surface area contributed by atoms with Crippen molar-refractivity contribution in [1.29, 1.82) is 0 Å². The number of nitrogens with zero attached hydrogens (tertiary/aromatic N) is 3. The quantitative estimate of drug-likeness (QED) is 0.169. The number of hydrogen-bond donors (Lipinski definition) is 0. The highest BCUT2D eigenvalue weighted by Gasteiger charge is 2.23. The fourth-order valence-corrected chi connectivity index (χ4v) is 6.70. The first-order valence-electron chi connectivity index (χ1n) is 11.0. The van der Waals surface area contributed by atoms with Crippen LogP contribution >= 0.6 is 34.7 Å². The van der Waals surface area contributed by atoms with Crippen molar-refractivity contribution in [3.8, 4) is 0 Å². The molecule has 4 nitrogen and oxygen atoms in total. The summed E-state index contributed by atoms with van der Waals surface area (Å²) < 4.78 is 1.04. The molecule has 1 aliphatic rings. The maximum absolute atomic E-state index is 12.7. The summed E-state index contributed by atoms with van der Waals surface area (Å²) in [7, 11) is 0. The summed E-state index contributed by atoms with van der Waals surface area (Å²) in [5.41, 5.74) is 5.80. The van der Waals surface area contributed by atoms with Gasteiger partial charge in [-0.05, 0) is 73.4 Å². The first kappa shape index (κ1) is 21.8. The van der Waals surface area contributed by atoms with Gasteiger partial charge in [-0.3, -0.25) is 4.79 Å². The van der Waals surface area contributed by atoms with Crippen LogP contribution in [0.2, 0.25) is 5.02 Å². The van der Waals surface area contributed by atoms with Gasteiger partial charge in [0.05, 0.1) is 16.0 Å². The number of aryl methyl sites for hydroxylation is 1. The lowest BCUT2D eigenvalue weighted by molar-refractivity contribution is 0.102. The van der Waals surface area contributed by atoms with Gasteiger partial charge in [0, 0.05) is 21.7 Å². The fraction of sp³-hybridized carbons (Fsp3) is 0.360. The van der Waals surface area contributed by atoms with E-state index in [9.17, 15) is 4.79 Å². The molecule has 5 rings (SSSR count). The highest BCUT2D eigenvalue weighted by Crippen LogP contribution is 2.41. The van der Waals surface area contributed by atoms with Crippen molar-refractivity contribution in [1.82, 2.24) is 15.0 Å². The molecule has 4 aromatic rings. The number of thiophene rings is 1. The zero-order valence-electron chi connectivity index (χ0n) is 18.2. The van der Waals surface area contributed by atoms with E-state index in [0.717, 1.165) is 39.3 Å². The number of rotatable bonds is 6. The van der Waals surface area contributed by atoms with Gasteiger partial charge in [0.2, 0.25) is 0 Å². The predicted octanol–water partition coefficient (Wildman–Crippen LogP) is 6.95. The van der Waals surface area contributed by atoms with E-state index in [0.29, 0.717) is 22.3 Å². The summed E-state index contributed by atoms with van der Waals surface area (Å²) in [6, 6.07) is 7.04. The average Bonchev–Trinajstić information content (AvgIpc) is 3.17. The third-order valence-electron chi connectivity index (χ3n) is 5.88. The second kappa shape index (κ2) is 9.08. The van der Waals surface area contributed by atoms with E-state index in [2.05, 4.69) is 23.8 Å². The lowest BCUT2D eigenvalue weighted by Gasteiger charge is -2.20. The molecule has 0 bridgehead atoms. The minimum absolute atomic E-state index is 0.0641. The molecule has 0 saturated carbocycles. The average molecular weight is 482 g/mol. The Bertz CT molecular complexity index is 1310. The second-order valence-electron chi connectivity index (χ2n) is 8.68. The number of thioether (sulfide) groups is 1. The highest BCUT2D eigenvalue weighted by atomic mass is 35.5. The van der Waals surface area contributed by atoms with E-state index in [1.807, 2.05) is 0 Å². The molecule has 1 aromatic carbocycles. The third kappa shape index (κ3) is 4.16. The minimum atomic E-state index is 0.0641. The van der Waals surface area contributed by atoms with Gasteiger partial charge < -0.3 is 0 Å². The Morgan fingerprint density at radius 1 is 1.12 bits per heavy atom. The number of fused-ring (bicyclic) bond motifs is 5. The normalized spacial score (nSPS) is 13.8. The van der Waals surface area contributed by atoms with E-state index >= 15 is 0 Å². The van der Waals surface area contributed by atoms with Gasteiger partial charge in [-0.2, -0.15) is 0 Å². The van der Waals surface area contributed by atoms with Gasteiger partial charge in [0.25, 0.3) is 0 Å². The molecule has 0 N–H and O–H groups in total. The predicted molar refractivity (Wildman–Crippen MR) is 134 cm³/mol. The number of halogens is 1. The van der Waals surface area contributed by atoms with E-state index in [-0.39, 0.29) is 5.78 Å². The van der Waals surface area contributed by atoms with E-state index in [4.69, 9.17) is 16.6 Å². The Hall–Kier alpha value is -2.02. The van der Waals surface area contributed by atoms with Gasteiger partial charge in [0.1, 0.15) is 16.2 Å². The van der Waals surface area contributed by atoms with Crippen molar-refractivity contribution in [2.24, 2.45) is 5.92 Å². The minimum Gasteiger partial charge on any atom is -0.293 e. The molecule has 0 radical (unpaired) electrons. The first-order valence-corrected chi connectivity index (χ1v) is 13.2. The monoisotopic (exact) mass is 481 g/mol. The number of aromatic nitrogens is 3. The maximum Gasteiger partial charge on any atom is 0.173 e. The molecule has 0 atom stereocenters. The molecule has 0 fully saturated rings. The van der Waals surface area contributed by atoms with Gasteiger partial charge in [-0.25, -0.2) is 15.0 Å². The SMILES string of the molecule is CC(C)Cc1nc2sc3c(SCC(=O)c4ccc(Cl)cc4)ncnc3c2c2c1CCCC2. The number of ketones is 1. The lowest BCUT2D eigenvalue weighted by Crippen LogP contribution is -2.11. The van der Waals surface area contributed by atoms with E-state index in [1.54, 1.807) is 41.9 Å². The van der Waals surface area contributed by atoms with Crippen molar-refractivity contribution in [3.63, 3.8) is 0 Å². The molecule has 0 aliphatic heterocycles. The molecule has 0 saturated heterocycles. The van der Waals surface area contributed by atoms with Crippen molar-refractivity contribution < 1.29 is 4.79 Å². The van der Waals surface area contributed by atoms with Crippen LogP contribution in [-0.2, 0) is 19.3 Å². The Labute approximate surface area is 200 Å². The van der Waals surface area contributed by atoms with Crippen LogP contribution in [0.5, 0.6) is 0 Å². The topological polar surface area (TPSA) is 55.7 Å². The summed E-state index contributed by atoms with van der Waals surface area (Å²) in [5, 5.41) is 2.69. The molecule has 32 heavy (non-hydrogen) atoms. The first-order chi connectivity index (χ1) is 15.5. The summed E-state index contributed by atoms with van der Waals surface area (Å²) in [6.07, 6.45) is 7.28. The number of benzene rings is 1. The second-order valence-corrected chi connectivity index (χ2v) is 11.1. The molecule has 164 valence electrons. The smallest absolute Gasteiger partial charge is 0.173 e. The molecule has 0 amide bonds. The lowest BCUT2D eigenvalue weighted by atomic mass is 9.87. The van der Waals surface area contributed by atoms with Crippen LogP contribution < -0.4 is 0 Å². The van der Waals surface area contributed by atoms with Crippen LogP contribution in [0, 0.1) is 5.92 Å². The number of pyridine rings is 1. The number of hydrogen-bond acceptors (Lipinski definition) is 6. The molecular formula is C25H24ClN3OS2. The number of Topliss-reactive ketones (excluding diaryl/α,β-unsaturated/α-hetero) is 1. The zero-order chi connectivity index (χ0) is 22.2. The van der Waals surface area contributed by atoms with Gasteiger partial charge in [0.15, 0.2) is 5.78 Å². The van der Waals surface area contributed by atoms with Crippen LogP contribution in [0.3, 0.4) is 0 Å². The van der Waals surface area contributed by atoms with Gasteiger partial charge >= 0.3 is 0 Å². The summed E-state index contributed by atoms with van der Waals surface area (Å²) >= 11 is 9.08. The number of carbonyl (C=O) groups excluding carboxylic acids is 1. The fourth-order valence-electron chi connectivity index (χ4n) is 4.43. The Kier molecular flexibility index (Phi) is 6.19. The molecule has 3 heterocycles. The molecule has 0 spiro atoms. The summed E-state index contributed by atoms with van der Waals surface area (Å²) in [4.78, 5) is 28.0. The van der Waals surface area contributed by atoms with Crippen LogP contribution in [0.25, 0.3) is 20.4 Å². The molecule has 3 aromatic heterocycles. The van der Waals surface area contributed by atoms with Crippen molar-refractivity contribution in [2.75, 3.05) is 5.75 Å². The standard InChI is InChI=1S/C25H24ClN3OS2/c1-14(2)11-19-17-5-3-4-6-18(17)21-22-23(32-24(21)29-19)25(28-13-27-22)31-12-20(30)15-7-9-16(26)10-8-15/h7-10,13-14H,3-6,11-12H2,1-2H3. The van der Waals surface area contributed by atoms with E-state index in [1.165, 1.54) is 46.8 Å². The van der Waals surface area contributed by atoms with Crippen LogP contribution in [0.15, 0.2) is 35.6 Å². The Morgan fingerprint density at radius 2 is 1.88 bits per heavy atom. The molecule has 1 aliphatic carbocycles. The largest absolute Gasteiger partial charge is 0.293 e. The Balaban J connectivity index is 1.54. The van der Waals surface area contributed by atoms with Crippen molar-refractivity contribution in [3.05, 3.63) is 58.0 Å². The molecule has 0 unspecified atom stereocenters. The van der Waals surface area contributed by atoms with Gasteiger partial charge in [-0.15, -0.1) is 11.3 Å². The summed E-state index contributed by atoms with van der Waals surface area (Å²) in [6.45, 7) is 4.51. The molecular weight excluding hydrogens is 458 g/mol. The van der Waals surface area contributed by atoms with Crippen LogP contribution in [-0.4, -0.2) is 26.5 Å². The van der Waals surface area contributed by atoms with Crippen molar-refractivity contribution in [2.45, 2.75) is 51.0 Å². The van der Waals surface area contributed by atoms with E-state index < -0.39 is 0 Å². The van der Waals surface area contributed by atoms with Crippen LogP contribution in [0.4, 0.5) is 0 Å². The Morgan fingerprint density at radius 3 is 2.62 bits per heavy atom. The van der Waals surface area contributed by atoms with Gasteiger partial charge in [-0.1, -0.05) is 37.2 Å². The number of carbonyl (C=O) groups is 1. The zero-order valence-corrected chi connectivity index (χ0v) is 20.5. The third-order valence-corrected chi connectivity index (χ3v) is 8.33. The van der Waals surface area contributed by atoms with Crippen molar-refractivity contribution >= 4 is 60.9 Å². The van der Waals surface area contributed by atoms with Crippen LogP contribution in [0.1, 0.15) is 53.9 Å².